The van der Waals surface area contributed by atoms with Crippen molar-refractivity contribution in [1.82, 2.24) is 0 Å². The molecule has 4 aromatic carbocycles. The SMILES string of the molecule is CCc1cc2ccc(OS(=O)(=S)c3ccc4cc(CC)c(CC)cc4c3)cc2cc1CC. The van der Waals surface area contributed by atoms with Crippen LogP contribution in [0.15, 0.2) is 65.6 Å². The molecular weight excluding hydrogens is 432 g/mol. The molecule has 4 aromatic rings. The fourth-order valence-corrected chi connectivity index (χ4v) is 5.94. The standard InChI is InChI=1S/C28H30O2S2/c1-5-19-13-23-9-11-27(17-25(23)15-21(19)7-3)30-32(29,31)28-12-10-24-14-20(6-2)22(8-4)16-26(24)18-28/h9-18H,5-8H2,1-4H3. The van der Waals surface area contributed by atoms with Gasteiger partial charge in [0.1, 0.15) is 5.75 Å². The van der Waals surface area contributed by atoms with Crippen molar-refractivity contribution >= 4 is 41.5 Å². The van der Waals surface area contributed by atoms with Crippen molar-refractivity contribution < 1.29 is 8.39 Å². The number of hydrogen-bond donors (Lipinski definition) is 0. The molecule has 0 amide bonds. The lowest BCUT2D eigenvalue weighted by molar-refractivity contribution is 0.560. The minimum atomic E-state index is -3.10. The van der Waals surface area contributed by atoms with E-state index < -0.39 is 8.77 Å². The highest BCUT2D eigenvalue weighted by molar-refractivity contribution is 8.30. The summed E-state index contributed by atoms with van der Waals surface area (Å²) in [5.41, 5.74) is 5.39. The van der Waals surface area contributed by atoms with Gasteiger partial charge in [0.25, 0.3) is 0 Å². The number of fused-ring (bicyclic) bond motifs is 2. The van der Waals surface area contributed by atoms with Crippen LogP contribution in [-0.4, -0.2) is 4.21 Å². The average molecular weight is 463 g/mol. The zero-order chi connectivity index (χ0) is 22.9. The third kappa shape index (κ3) is 4.39. The number of hydrogen-bond acceptors (Lipinski definition) is 3. The monoisotopic (exact) mass is 462 g/mol. The molecular formula is C28H30O2S2. The molecule has 0 radical (unpaired) electrons. The fourth-order valence-electron chi connectivity index (χ4n) is 4.44. The van der Waals surface area contributed by atoms with Crippen LogP contribution in [-0.2, 0) is 45.6 Å². The number of aryl methyl sites for hydroxylation is 4. The third-order valence-corrected chi connectivity index (χ3v) is 8.30. The van der Waals surface area contributed by atoms with E-state index in [1.165, 1.54) is 22.3 Å². The van der Waals surface area contributed by atoms with E-state index in [-0.39, 0.29) is 0 Å². The van der Waals surface area contributed by atoms with Gasteiger partial charge in [0.15, 0.2) is 0 Å². The van der Waals surface area contributed by atoms with Gasteiger partial charge in [0.2, 0.25) is 8.77 Å². The summed E-state index contributed by atoms with van der Waals surface area (Å²) in [6, 6.07) is 20.5. The molecule has 0 aliphatic heterocycles. The van der Waals surface area contributed by atoms with E-state index in [1.807, 2.05) is 36.4 Å². The van der Waals surface area contributed by atoms with Gasteiger partial charge in [-0.1, -0.05) is 64.1 Å². The van der Waals surface area contributed by atoms with Gasteiger partial charge in [-0.05, 0) is 93.7 Å². The van der Waals surface area contributed by atoms with E-state index in [2.05, 4.69) is 52.0 Å². The molecule has 0 saturated carbocycles. The minimum absolute atomic E-state index is 0.541. The molecule has 0 spiro atoms. The average Bonchev–Trinajstić information content (AvgIpc) is 2.81. The summed E-state index contributed by atoms with van der Waals surface area (Å²) in [4.78, 5) is 0.543. The van der Waals surface area contributed by atoms with Crippen LogP contribution in [0.4, 0.5) is 0 Å². The Hall–Kier alpha value is -2.43. The second-order valence-electron chi connectivity index (χ2n) is 8.21. The Bertz CT molecular complexity index is 1400. The summed E-state index contributed by atoms with van der Waals surface area (Å²) >= 11 is 5.48. The minimum Gasteiger partial charge on any atom is -0.397 e. The predicted octanol–water partition coefficient (Wildman–Crippen LogP) is 7.34. The summed E-state index contributed by atoms with van der Waals surface area (Å²) < 4.78 is 19.3. The normalized spacial score (nSPS) is 13.4. The number of rotatable bonds is 7. The summed E-state index contributed by atoms with van der Waals surface area (Å²) in [5.74, 6) is 0.541. The van der Waals surface area contributed by atoms with Crippen LogP contribution < -0.4 is 4.18 Å². The topological polar surface area (TPSA) is 26.3 Å². The Morgan fingerprint density at radius 1 is 0.625 bits per heavy atom. The van der Waals surface area contributed by atoms with Crippen LogP contribution >= 0.6 is 0 Å². The Labute approximate surface area is 196 Å². The molecule has 0 heterocycles. The van der Waals surface area contributed by atoms with Crippen molar-refractivity contribution in [1.29, 1.82) is 0 Å². The molecule has 1 atom stereocenters. The van der Waals surface area contributed by atoms with Gasteiger partial charge < -0.3 is 4.18 Å². The van der Waals surface area contributed by atoms with Gasteiger partial charge in [0.05, 0.1) is 4.90 Å². The molecule has 0 aliphatic carbocycles. The first-order valence-corrected chi connectivity index (χ1v) is 13.8. The highest BCUT2D eigenvalue weighted by Gasteiger charge is 2.15. The molecule has 4 heteroatoms. The molecule has 0 bridgehead atoms. The number of benzene rings is 4. The van der Waals surface area contributed by atoms with Crippen molar-refractivity contribution in [2.24, 2.45) is 0 Å². The lowest BCUT2D eigenvalue weighted by atomic mass is 9.98. The first kappa shape index (κ1) is 22.8. The van der Waals surface area contributed by atoms with Crippen molar-refractivity contribution in [2.45, 2.75) is 58.3 Å². The molecule has 0 aromatic heterocycles. The smallest absolute Gasteiger partial charge is 0.215 e. The maximum atomic E-state index is 13.4. The molecule has 0 saturated heterocycles. The van der Waals surface area contributed by atoms with Crippen molar-refractivity contribution in [3.8, 4) is 5.75 Å². The lowest BCUT2D eigenvalue weighted by Crippen LogP contribution is -2.08. The molecule has 0 N–H and O–H groups in total. The van der Waals surface area contributed by atoms with Crippen molar-refractivity contribution in [3.63, 3.8) is 0 Å². The van der Waals surface area contributed by atoms with E-state index >= 15 is 0 Å². The van der Waals surface area contributed by atoms with E-state index in [0.717, 1.165) is 47.2 Å². The summed E-state index contributed by atoms with van der Waals surface area (Å²) in [6.07, 6.45) is 3.97. The molecule has 32 heavy (non-hydrogen) atoms. The second-order valence-corrected chi connectivity index (χ2v) is 11.1. The Kier molecular flexibility index (Phi) is 6.55. The quantitative estimate of drug-likeness (QED) is 0.287. The Balaban J connectivity index is 1.70. The Morgan fingerprint density at radius 3 is 1.56 bits per heavy atom. The van der Waals surface area contributed by atoms with Gasteiger partial charge in [0, 0.05) is 11.2 Å². The third-order valence-electron chi connectivity index (χ3n) is 6.28. The summed E-state index contributed by atoms with van der Waals surface area (Å²) in [7, 11) is -3.10. The molecule has 0 fully saturated rings. The van der Waals surface area contributed by atoms with Gasteiger partial charge in [-0.15, -0.1) is 0 Å². The van der Waals surface area contributed by atoms with Gasteiger partial charge in [-0.2, -0.15) is 0 Å². The van der Waals surface area contributed by atoms with Crippen LogP contribution in [0.25, 0.3) is 21.5 Å². The van der Waals surface area contributed by atoms with Gasteiger partial charge in [-0.3, -0.25) is 0 Å². The van der Waals surface area contributed by atoms with E-state index in [9.17, 15) is 4.21 Å². The van der Waals surface area contributed by atoms with E-state index in [0.29, 0.717) is 10.6 Å². The lowest BCUT2D eigenvalue weighted by Gasteiger charge is -2.14. The second kappa shape index (κ2) is 9.21. The van der Waals surface area contributed by atoms with Crippen molar-refractivity contribution in [3.05, 3.63) is 82.9 Å². The molecule has 166 valence electrons. The zero-order valence-corrected chi connectivity index (χ0v) is 20.9. The Morgan fingerprint density at radius 2 is 1.06 bits per heavy atom. The van der Waals surface area contributed by atoms with E-state index in [4.69, 9.17) is 15.4 Å². The fraction of sp³-hybridized carbons (Fsp3) is 0.286. The maximum absolute atomic E-state index is 13.4. The van der Waals surface area contributed by atoms with Crippen LogP contribution in [0.2, 0.25) is 0 Å². The first-order chi connectivity index (χ1) is 15.4. The summed E-state index contributed by atoms with van der Waals surface area (Å²) in [5, 5.41) is 4.43. The summed E-state index contributed by atoms with van der Waals surface area (Å²) in [6.45, 7) is 8.69. The van der Waals surface area contributed by atoms with Crippen molar-refractivity contribution in [2.75, 3.05) is 0 Å². The van der Waals surface area contributed by atoms with E-state index in [1.54, 1.807) is 0 Å². The first-order valence-electron chi connectivity index (χ1n) is 11.4. The van der Waals surface area contributed by atoms with Gasteiger partial charge >= 0.3 is 0 Å². The van der Waals surface area contributed by atoms with Crippen LogP contribution in [0.1, 0.15) is 49.9 Å². The van der Waals surface area contributed by atoms with Crippen LogP contribution in [0, 0.1) is 0 Å². The molecule has 0 aliphatic rings. The van der Waals surface area contributed by atoms with Crippen LogP contribution in [0.3, 0.4) is 0 Å². The molecule has 4 rings (SSSR count). The molecule has 2 nitrogen and oxygen atoms in total. The predicted molar refractivity (Wildman–Crippen MR) is 140 cm³/mol. The highest BCUT2D eigenvalue weighted by atomic mass is 32.8. The maximum Gasteiger partial charge on any atom is 0.215 e. The van der Waals surface area contributed by atoms with Gasteiger partial charge in [-0.25, -0.2) is 4.21 Å². The zero-order valence-electron chi connectivity index (χ0n) is 19.2. The molecule has 1 unspecified atom stereocenters. The highest BCUT2D eigenvalue weighted by Crippen LogP contribution is 2.29. The van der Waals surface area contributed by atoms with Crippen LogP contribution in [0.5, 0.6) is 5.75 Å². The largest absolute Gasteiger partial charge is 0.397 e.